The van der Waals surface area contributed by atoms with Crippen molar-refractivity contribution in [3.63, 3.8) is 0 Å². The predicted octanol–water partition coefficient (Wildman–Crippen LogP) is 0.523. The SMILES string of the molecule is C=CC(=O)OC(C)=NO. The lowest BCUT2D eigenvalue weighted by Gasteiger charge is -1.93. The molecule has 0 aromatic heterocycles. The van der Waals surface area contributed by atoms with E-state index in [0.29, 0.717) is 0 Å². The minimum atomic E-state index is -0.634. The Kier molecular flexibility index (Phi) is 3.12. The van der Waals surface area contributed by atoms with Crippen molar-refractivity contribution < 1.29 is 14.7 Å². The molecule has 4 nitrogen and oxygen atoms in total. The van der Waals surface area contributed by atoms with Crippen LogP contribution < -0.4 is 0 Å². The summed E-state index contributed by atoms with van der Waals surface area (Å²) in [5.74, 6) is -0.731. The van der Waals surface area contributed by atoms with Crippen LogP contribution in [0, 0.1) is 0 Å². The lowest BCUT2D eigenvalue weighted by Crippen LogP contribution is -2.05. The third-order valence-corrected chi connectivity index (χ3v) is 0.556. The summed E-state index contributed by atoms with van der Waals surface area (Å²) in [6, 6.07) is 0. The van der Waals surface area contributed by atoms with Gasteiger partial charge in [-0.25, -0.2) is 4.79 Å². The smallest absolute Gasteiger partial charge is 0.336 e. The molecule has 0 radical (unpaired) electrons. The number of esters is 1. The van der Waals surface area contributed by atoms with Crippen molar-refractivity contribution in [2.24, 2.45) is 5.16 Å². The molecule has 4 heteroatoms. The normalized spacial score (nSPS) is 10.6. The van der Waals surface area contributed by atoms with E-state index in [1.807, 2.05) is 0 Å². The van der Waals surface area contributed by atoms with E-state index in [-0.39, 0.29) is 5.90 Å². The van der Waals surface area contributed by atoms with Gasteiger partial charge in [0.15, 0.2) is 0 Å². The summed E-state index contributed by atoms with van der Waals surface area (Å²) in [4.78, 5) is 10.2. The first-order chi connectivity index (χ1) is 4.20. The maximum Gasteiger partial charge on any atom is 0.336 e. The Hall–Kier alpha value is -1.32. The second kappa shape index (κ2) is 3.65. The summed E-state index contributed by atoms with van der Waals surface area (Å²) >= 11 is 0. The van der Waals surface area contributed by atoms with Crippen LogP contribution in [0.15, 0.2) is 17.8 Å². The number of carbonyl (C=O) groups excluding carboxylic acids is 1. The molecule has 1 N–H and O–H groups in total. The number of hydrogen-bond donors (Lipinski definition) is 1. The molecule has 0 spiro atoms. The average molecular weight is 129 g/mol. The second-order valence-corrected chi connectivity index (χ2v) is 1.24. The van der Waals surface area contributed by atoms with Crippen LogP contribution in [-0.4, -0.2) is 17.1 Å². The second-order valence-electron chi connectivity index (χ2n) is 1.24. The first-order valence-corrected chi connectivity index (χ1v) is 2.23. The minimum Gasteiger partial charge on any atom is -0.408 e. The Balaban J connectivity index is 3.74. The van der Waals surface area contributed by atoms with Crippen LogP contribution in [0.25, 0.3) is 0 Å². The van der Waals surface area contributed by atoms with Gasteiger partial charge in [-0.05, 0) is 0 Å². The van der Waals surface area contributed by atoms with Gasteiger partial charge in [0, 0.05) is 13.0 Å². The first-order valence-electron chi connectivity index (χ1n) is 2.23. The van der Waals surface area contributed by atoms with E-state index >= 15 is 0 Å². The van der Waals surface area contributed by atoms with E-state index in [2.05, 4.69) is 16.5 Å². The van der Waals surface area contributed by atoms with E-state index in [4.69, 9.17) is 5.21 Å². The molecule has 0 amide bonds. The van der Waals surface area contributed by atoms with E-state index in [9.17, 15) is 4.79 Å². The van der Waals surface area contributed by atoms with Gasteiger partial charge >= 0.3 is 5.97 Å². The summed E-state index contributed by atoms with van der Waals surface area (Å²) < 4.78 is 4.29. The molecule has 0 fully saturated rings. The minimum absolute atomic E-state index is 0.0973. The van der Waals surface area contributed by atoms with Gasteiger partial charge in [0.05, 0.1) is 0 Å². The van der Waals surface area contributed by atoms with Crippen molar-refractivity contribution in [1.82, 2.24) is 0 Å². The molecule has 0 aromatic rings. The quantitative estimate of drug-likeness (QED) is 0.140. The number of nitrogens with zero attached hydrogens (tertiary/aromatic N) is 1. The summed E-state index contributed by atoms with van der Waals surface area (Å²) in [6.07, 6.45) is 0.981. The summed E-state index contributed by atoms with van der Waals surface area (Å²) in [5, 5.41) is 10.6. The van der Waals surface area contributed by atoms with Gasteiger partial charge in [-0.1, -0.05) is 11.7 Å². The summed E-state index contributed by atoms with van der Waals surface area (Å²) in [6.45, 7) is 4.49. The number of oxime groups is 1. The van der Waals surface area contributed by atoms with Gasteiger partial charge in [-0.3, -0.25) is 0 Å². The lowest BCUT2D eigenvalue weighted by atomic mass is 10.6. The number of hydrogen-bond acceptors (Lipinski definition) is 4. The molecule has 0 saturated heterocycles. The highest BCUT2D eigenvalue weighted by molar-refractivity contribution is 5.92. The fraction of sp³-hybridized carbons (Fsp3) is 0.200. The van der Waals surface area contributed by atoms with Gasteiger partial charge in [0.1, 0.15) is 0 Å². The van der Waals surface area contributed by atoms with Crippen LogP contribution in [0.5, 0.6) is 0 Å². The number of ether oxygens (including phenoxy) is 1. The Morgan fingerprint density at radius 3 is 2.78 bits per heavy atom. The van der Waals surface area contributed by atoms with Crippen molar-refractivity contribution >= 4 is 11.9 Å². The molecule has 0 rings (SSSR count). The topological polar surface area (TPSA) is 58.9 Å². The molecule has 50 valence electrons. The highest BCUT2D eigenvalue weighted by Crippen LogP contribution is 1.81. The van der Waals surface area contributed by atoms with Crippen molar-refractivity contribution in [2.45, 2.75) is 6.92 Å². The molecule has 0 aliphatic heterocycles. The molecule has 0 aliphatic carbocycles. The van der Waals surface area contributed by atoms with Crippen LogP contribution in [0.3, 0.4) is 0 Å². The largest absolute Gasteiger partial charge is 0.408 e. The highest BCUT2D eigenvalue weighted by atomic mass is 16.6. The maximum atomic E-state index is 10.2. The van der Waals surface area contributed by atoms with E-state index in [1.165, 1.54) is 6.92 Å². The zero-order valence-corrected chi connectivity index (χ0v) is 5.00. The Bertz CT molecular complexity index is 150. The van der Waals surface area contributed by atoms with Crippen molar-refractivity contribution in [3.05, 3.63) is 12.7 Å². The molecule has 0 aromatic carbocycles. The average Bonchev–Trinajstić information content (AvgIpc) is 1.87. The van der Waals surface area contributed by atoms with E-state index < -0.39 is 5.97 Å². The van der Waals surface area contributed by atoms with Crippen LogP contribution in [0.4, 0.5) is 0 Å². The zero-order valence-electron chi connectivity index (χ0n) is 5.00. The first kappa shape index (κ1) is 7.68. The zero-order chi connectivity index (χ0) is 7.28. The van der Waals surface area contributed by atoms with Crippen LogP contribution in [-0.2, 0) is 9.53 Å². The number of rotatable bonds is 1. The van der Waals surface area contributed by atoms with E-state index in [1.54, 1.807) is 0 Å². The van der Waals surface area contributed by atoms with Gasteiger partial charge in [0.25, 0.3) is 0 Å². The Morgan fingerprint density at radius 1 is 1.89 bits per heavy atom. The number of carbonyl (C=O) groups is 1. The standard InChI is InChI=1S/C5H7NO3/c1-3-5(7)9-4(2)6-8/h3,8H,1H2,2H3. The van der Waals surface area contributed by atoms with Crippen molar-refractivity contribution in [1.29, 1.82) is 0 Å². The van der Waals surface area contributed by atoms with Gasteiger partial charge in [0.2, 0.25) is 5.90 Å². The van der Waals surface area contributed by atoms with Crippen molar-refractivity contribution in [3.8, 4) is 0 Å². The molecular formula is C5H7NO3. The molecule has 9 heavy (non-hydrogen) atoms. The Morgan fingerprint density at radius 2 is 2.44 bits per heavy atom. The van der Waals surface area contributed by atoms with Gasteiger partial charge in [-0.2, -0.15) is 0 Å². The molecular weight excluding hydrogens is 122 g/mol. The molecule has 0 saturated carbocycles. The van der Waals surface area contributed by atoms with Crippen molar-refractivity contribution in [2.75, 3.05) is 0 Å². The third-order valence-electron chi connectivity index (χ3n) is 0.556. The van der Waals surface area contributed by atoms with Gasteiger partial charge in [-0.15, -0.1) is 0 Å². The maximum absolute atomic E-state index is 10.2. The summed E-state index contributed by atoms with van der Waals surface area (Å²) in [7, 11) is 0. The van der Waals surface area contributed by atoms with Crippen LogP contribution >= 0.6 is 0 Å². The monoisotopic (exact) mass is 129 g/mol. The highest BCUT2D eigenvalue weighted by Gasteiger charge is 1.96. The Labute approximate surface area is 52.4 Å². The lowest BCUT2D eigenvalue weighted by molar-refractivity contribution is -0.130. The molecule has 0 atom stereocenters. The summed E-state index contributed by atoms with van der Waals surface area (Å²) in [5.41, 5.74) is 0. The molecule has 0 heterocycles. The van der Waals surface area contributed by atoms with Gasteiger partial charge < -0.3 is 9.94 Å². The van der Waals surface area contributed by atoms with Crippen LogP contribution in [0.1, 0.15) is 6.92 Å². The predicted molar refractivity (Wildman–Crippen MR) is 31.2 cm³/mol. The molecule has 0 unspecified atom stereocenters. The molecule has 0 aliphatic rings. The third kappa shape index (κ3) is 3.28. The van der Waals surface area contributed by atoms with E-state index in [0.717, 1.165) is 6.08 Å². The fourth-order valence-electron chi connectivity index (χ4n) is 0.208. The fourth-order valence-corrected chi connectivity index (χ4v) is 0.208. The molecule has 0 bridgehead atoms. The van der Waals surface area contributed by atoms with Crippen LogP contribution in [0.2, 0.25) is 0 Å².